The van der Waals surface area contributed by atoms with E-state index in [2.05, 4.69) is 6.08 Å². The van der Waals surface area contributed by atoms with E-state index in [9.17, 15) is 9.18 Å². The number of allylic oxidation sites excluding steroid dienone is 2. The van der Waals surface area contributed by atoms with E-state index in [1.807, 2.05) is 42.5 Å². The van der Waals surface area contributed by atoms with Crippen LogP contribution in [0.25, 0.3) is 22.6 Å². The van der Waals surface area contributed by atoms with Crippen molar-refractivity contribution in [3.05, 3.63) is 112 Å². The lowest BCUT2D eigenvalue weighted by Crippen LogP contribution is -1.95. The van der Waals surface area contributed by atoms with E-state index in [1.165, 1.54) is 18.2 Å². The van der Waals surface area contributed by atoms with Crippen LogP contribution < -0.4 is 4.74 Å². The number of rotatable bonds is 8. The molecule has 0 saturated carbocycles. The molecule has 0 amide bonds. The van der Waals surface area contributed by atoms with Crippen molar-refractivity contribution in [2.75, 3.05) is 7.11 Å². The Morgan fingerprint density at radius 3 is 2.65 bits per heavy atom. The first kappa shape index (κ1) is 23.3. The van der Waals surface area contributed by atoms with Crippen LogP contribution in [-0.4, -0.2) is 18.2 Å². The Morgan fingerprint density at radius 2 is 1.94 bits per heavy atom. The van der Waals surface area contributed by atoms with E-state index in [0.717, 1.165) is 39.3 Å². The molecular formula is C28H22ClFO4. The highest BCUT2D eigenvalue weighted by atomic mass is 35.5. The van der Waals surface area contributed by atoms with Crippen LogP contribution in [0.15, 0.2) is 83.5 Å². The number of aliphatic carboxylic acids is 1. The van der Waals surface area contributed by atoms with Gasteiger partial charge in [-0.1, -0.05) is 60.1 Å². The summed E-state index contributed by atoms with van der Waals surface area (Å²) in [5, 5.41) is 10.1. The van der Waals surface area contributed by atoms with Crippen LogP contribution in [0.3, 0.4) is 0 Å². The Kier molecular flexibility index (Phi) is 7.14. The second kappa shape index (κ2) is 10.4. The summed E-state index contributed by atoms with van der Waals surface area (Å²) in [5.74, 6) is -0.716. The van der Waals surface area contributed by atoms with Crippen LogP contribution in [0.4, 0.5) is 4.39 Å². The third-order valence-corrected chi connectivity index (χ3v) is 5.81. The van der Waals surface area contributed by atoms with E-state index in [4.69, 9.17) is 25.9 Å². The second-order valence-electron chi connectivity index (χ2n) is 7.75. The lowest BCUT2D eigenvalue weighted by atomic mass is 9.95. The summed E-state index contributed by atoms with van der Waals surface area (Å²) in [6.07, 6.45) is 7.58. The van der Waals surface area contributed by atoms with Crippen molar-refractivity contribution >= 4 is 40.2 Å². The number of benzene rings is 3. The molecule has 0 fully saturated rings. The molecule has 4 nitrogen and oxygen atoms in total. The molecule has 34 heavy (non-hydrogen) atoms. The number of hydrogen-bond acceptors (Lipinski definition) is 3. The fourth-order valence-electron chi connectivity index (χ4n) is 3.80. The standard InChI is InChI=1S/C28H22ClFO4/c1-33-26-4-2-3-24-21(17-34-28(24)26)11-10-20(23-13-12-22(30)16-25(23)29)15-19-7-5-18(6-8-19)9-14-27(31)32/h2-10,12-14,16-17H,11,15H2,1H3,(H,31,32)/b14-9?,20-10-. The normalized spacial score (nSPS) is 11.9. The first-order valence-corrected chi connectivity index (χ1v) is 11.0. The minimum Gasteiger partial charge on any atom is -0.493 e. The third kappa shape index (κ3) is 5.38. The molecule has 0 unspecified atom stereocenters. The van der Waals surface area contributed by atoms with Gasteiger partial charge in [0.1, 0.15) is 5.82 Å². The third-order valence-electron chi connectivity index (χ3n) is 5.50. The monoisotopic (exact) mass is 476 g/mol. The number of furan rings is 1. The zero-order chi connectivity index (χ0) is 24.1. The van der Waals surface area contributed by atoms with Gasteiger partial charge in [0.2, 0.25) is 0 Å². The predicted octanol–water partition coefficient (Wildman–Crippen LogP) is 7.20. The molecule has 0 aliphatic rings. The van der Waals surface area contributed by atoms with Crippen LogP contribution in [0.5, 0.6) is 5.75 Å². The topological polar surface area (TPSA) is 59.7 Å². The molecule has 1 N–H and O–H groups in total. The maximum atomic E-state index is 13.7. The summed E-state index contributed by atoms with van der Waals surface area (Å²) in [7, 11) is 1.61. The number of methoxy groups -OCH3 is 1. The van der Waals surface area contributed by atoms with Crippen LogP contribution >= 0.6 is 11.6 Å². The number of hydrogen-bond donors (Lipinski definition) is 1. The molecule has 0 atom stereocenters. The summed E-state index contributed by atoms with van der Waals surface area (Å²) in [5.41, 5.74) is 5.19. The van der Waals surface area contributed by atoms with Gasteiger partial charge in [0.25, 0.3) is 0 Å². The SMILES string of the molecule is COc1cccc2c(C/C=C(/Cc3ccc(C=CC(=O)O)cc3)c3ccc(F)cc3Cl)coc12. The molecule has 1 aromatic heterocycles. The molecular weight excluding hydrogens is 455 g/mol. The lowest BCUT2D eigenvalue weighted by Gasteiger charge is -2.11. The molecule has 6 heteroatoms. The fraction of sp³-hybridized carbons (Fsp3) is 0.107. The van der Waals surface area contributed by atoms with E-state index in [1.54, 1.807) is 19.4 Å². The van der Waals surface area contributed by atoms with Crippen LogP contribution in [0.1, 0.15) is 22.3 Å². The fourth-order valence-corrected chi connectivity index (χ4v) is 4.09. The molecule has 1 heterocycles. The first-order valence-electron chi connectivity index (χ1n) is 10.6. The largest absolute Gasteiger partial charge is 0.493 e. The summed E-state index contributed by atoms with van der Waals surface area (Å²) < 4.78 is 24.8. The summed E-state index contributed by atoms with van der Waals surface area (Å²) in [6, 6.07) is 17.7. The number of carboxylic acids is 1. The minimum absolute atomic E-state index is 0.339. The number of carbonyl (C=O) groups is 1. The van der Waals surface area contributed by atoms with Gasteiger partial charge in [-0.3, -0.25) is 0 Å². The Labute approximate surface area is 201 Å². The maximum absolute atomic E-state index is 13.7. The van der Waals surface area contributed by atoms with Crippen molar-refractivity contribution in [2.24, 2.45) is 0 Å². The predicted molar refractivity (Wildman–Crippen MR) is 133 cm³/mol. The Bertz CT molecular complexity index is 1380. The maximum Gasteiger partial charge on any atom is 0.328 e. The van der Waals surface area contributed by atoms with Crippen LogP contribution in [0.2, 0.25) is 5.02 Å². The Hall–Kier alpha value is -3.83. The molecule has 4 aromatic rings. The Balaban J connectivity index is 1.66. The van der Waals surface area contributed by atoms with Gasteiger partial charge in [0.05, 0.1) is 18.4 Å². The first-order chi connectivity index (χ1) is 16.4. The van der Waals surface area contributed by atoms with Gasteiger partial charge in [-0.15, -0.1) is 0 Å². The van der Waals surface area contributed by atoms with Crippen molar-refractivity contribution in [2.45, 2.75) is 12.8 Å². The zero-order valence-electron chi connectivity index (χ0n) is 18.4. The second-order valence-corrected chi connectivity index (χ2v) is 8.15. The van der Waals surface area contributed by atoms with Crippen molar-refractivity contribution in [3.8, 4) is 5.75 Å². The van der Waals surface area contributed by atoms with Gasteiger partial charge in [0, 0.05) is 17.0 Å². The number of para-hydroxylation sites is 1. The average molecular weight is 477 g/mol. The number of halogens is 2. The van der Waals surface area contributed by atoms with Gasteiger partial charge < -0.3 is 14.3 Å². The van der Waals surface area contributed by atoms with Gasteiger partial charge >= 0.3 is 5.97 Å². The molecule has 3 aromatic carbocycles. The van der Waals surface area contributed by atoms with Crippen molar-refractivity contribution in [1.29, 1.82) is 0 Å². The molecule has 4 rings (SSSR count). The summed E-state index contributed by atoms with van der Waals surface area (Å²) in [6.45, 7) is 0. The van der Waals surface area contributed by atoms with Gasteiger partial charge in [-0.05, 0) is 59.4 Å². The van der Waals surface area contributed by atoms with Crippen LogP contribution in [0, 0.1) is 5.82 Å². The highest BCUT2D eigenvalue weighted by Crippen LogP contribution is 2.32. The van der Waals surface area contributed by atoms with Crippen LogP contribution in [-0.2, 0) is 17.6 Å². The van der Waals surface area contributed by atoms with E-state index < -0.39 is 11.8 Å². The molecule has 0 aliphatic heterocycles. The van der Waals surface area contributed by atoms with Gasteiger partial charge in [0.15, 0.2) is 11.3 Å². The average Bonchev–Trinajstić information content (AvgIpc) is 3.24. The van der Waals surface area contributed by atoms with Crippen molar-refractivity contribution in [1.82, 2.24) is 0 Å². The lowest BCUT2D eigenvalue weighted by molar-refractivity contribution is -0.131. The molecule has 0 bridgehead atoms. The highest BCUT2D eigenvalue weighted by Gasteiger charge is 2.12. The molecule has 0 radical (unpaired) electrons. The van der Waals surface area contributed by atoms with E-state index >= 15 is 0 Å². The quantitative estimate of drug-likeness (QED) is 0.273. The number of ether oxygens (including phenoxy) is 1. The van der Waals surface area contributed by atoms with Crippen molar-refractivity contribution < 1.29 is 23.4 Å². The van der Waals surface area contributed by atoms with E-state index in [-0.39, 0.29) is 0 Å². The minimum atomic E-state index is -0.996. The number of carboxylic acid groups (broad SMARTS) is 1. The smallest absolute Gasteiger partial charge is 0.328 e. The zero-order valence-corrected chi connectivity index (χ0v) is 19.2. The summed E-state index contributed by atoms with van der Waals surface area (Å²) >= 11 is 6.40. The van der Waals surface area contributed by atoms with Gasteiger partial charge in [-0.2, -0.15) is 0 Å². The molecule has 0 saturated heterocycles. The Morgan fingerprint density at radius 1 is 1.15 bits per heavy atom. The molecule has 172 valence electrons. The number of fused-ring (bicyclic) bond motifs is 1. The van der Waals surface area contributed by atoms with Gasteiger partial charge in [-0.25, -0.2) is 9.18 Å². The molecule has 0 aliphatic carbocycles. The highest BCUT2D eigenvalue weighted by molar-refractivity contribution is 6.32. The van der Waals surface area contributed by atoms with E-state index in [0.29, 0.717) is 29.2 Å². The van der Waals surface area contributed by atoms with Crippen molar-refractivity contribution in [3.63, 3.8) is 0 Å². The molecule has 0 spiro atoms. The summed E-state index contributed by atoms with van der Waals surface area (Å²) in [4.78, 5) is 10.7.